The first-order valence-corrected chi connectivity index (χ1v) is 5.07. The van der Waals surface area contributed by atoms with Gasteiger partial charge in [0.2, 0.25) is 0 Å². The standard InChI is InChI=1S/C11H16O2/c1-13-11(12)10-8-6-4-2-3-5-7-9(8)10/h2-3,8-10H,4-7H2,1H3/b3-2-/t8-,9+,10?. The summed E-state index contributed by atoms with van der Waals surface area (Å²) in [5.41, 5.74) is 0. The monoisotopic (exact) mass is 180 g/mol. The van der Waals surface area contributed by atoms with Crippen molar-refractivity contribution in [3.05, 3.63) is 12.2 Å². The van der Waals surface area contributed by atoms with Gasteiger partial charge in [0.15, 0.2) is 0 Å². The van der Waals surface area contributed by atoms with Crippen molar-refractivity contribution in [3.8, 4) is 0 Å². The molecule has 2 heteroatoms. The molecule has 0 bridgehead atoms. The van der Waals surface area contributed by atoms with Gasteiger partial charge in [0, 0.05) is 0 Å². The lowest BCUT2D eigenvalue weighted by Gasteiger charge is -1.98. The van der Waals surface area contributed by atoms with Crippen molar-refractivity contribution < 1.29 is 9.53 Å². The van der Waals surface area contributed by atoms with Gasteiger partial charge in [-0.1, -0.05) is 12.2 Å². The third-order valence-corrected chi connectivity index (χ3v) is 3.30. The Morgan fingerprint density at radius 1 is 1.23 bits per heavy atom. The fourth-order valence-electron chi connectivity index (χ4n) is 2.53. The van der Waals surface area contributed by atoms with E-state index in [-0.39, 0.29) is 11.9 Å². The molecule has 2 rings (SSSR count). The average molecular weight is 180 g/mol. The van der Waals surface area contributed by atoms with Gasteiger partial charge in [-0.2, -0.15) is 0 Å². The third kappa shape index (κ3) is 1.62. The predicted molar refractivity (Wildman–Crippen MR) is 50.1 cm³/mol. The fourth-order valence-corrected chi connectivity index (χ4v) is 2.53. The van der Waals surface area contributed by atoms with Gasteiger partial charge in [0.05, 0.1) is 13.0 Å². The maximum Gasteiger partial charge on any atom is 0.309 e. The van der Waals surface area contributed by atoms with Crippen molar-refractivity contribution >= 4 is 5.97 Å². The van der Waals surface area contributed by atoms with E-state index in [1.165, 1.54) is 20.0 Å². The molecule has 0 amide bonds. The van der Waals surface area contributed by atoms with Gasteiger partial charge in [-0.3, -0.25) is 4.79 Å². The Balaban J connectivity index is 1.95. The number of esters is 1. The molecule has 2 nitrogen and oxygen atoms in total. The number of carbonyl (C=O) groups is 1. The molecule has 0 heterocycles. The summed E-state index contributed by atoms with van der Waals surface area (Å²) in [6, 6.07) is 0. The Kier molecular flexibility index (Phi) is 2.38. The number of fused-ring (bicyclic) bond motifs is 1. The molecule has 3 atom stereocenters. The summed E-state index contributed by atoms with van der Waals surface area (Å²) in [4.78, 5) is 11.3. The zero-order chi connectivity index (χ0) is 9.26. The van der Waals surface area contributed by atoms with Crippen LogP contribution in [0.1, 0.15) is 25.7 Å². The lowest BCUT2D eigenvalue weighted by Crippen LogP contribution is -2.05. The normalized spacial score (nSPS) is 39.6. The number of hydrogen-bond acceptors (Lipinski definition) is 2. The fraction of sp³-hybridized carbons (Fsp3) is 0.727. The highest BCUT2D eigenvalue weighted by molar-refractivity contribution is 5.76. The molecule has 2 aliphatic rings. The summed E-state index contributed by atoms with van der Waals surface area (Å²) in [6.45, 7) is 0. The van der Waals surface area contributed by atoms with Crippen molar-refractivity contribution in [2.45, 2.75) is 25.7 Å². The van der Waals surface area contributed by atoms with Crippen molar-refractivity contribution in [2.24, 2.45) is 17.8 Å². The molecular formula is C11H16O2. The summed E-state index contributed by atoms with van der Waals surface area (Å²) in [6.07, 6.45) is 9.08. The summed E-state index contributed by atoms with van der Waals surface area (Å²) in [5, 5.41) is 0. The van der Waals surface area contributed by atoms with Crippen molar-refractivity contribution in [3.63, 3.8) is 0 Å². The molecule has 0 aromatic heterocycles. The van der Waals surface area contributed by atoms with Crippen LogP contribution in [0.4, 0.5) is 0 Å². The minimum Gasteiger partial charge on any atom is -0.469 e. The lowest BCUT2D eigenvalue weighted by atomic mass is 10.1. The van der Waals surface area contributed by atoms with E-state index in [0.717, 1.165) is 12.8 Å². The first-order chi connectivity index (χ1) is 6.34. The molecule has 0 aliphatic heterocycles. The van der Waals surface area contributed by atoms with Gasteiger partial charge in [-0.15, -0.1) is 0 Å². The van der Waals surface area contributed by atoms with Gasteiger partial charge in [-0.05, 0) is 37.5 Å². The number of rotatable bonds is 1. The highest BCUT2D eigenvalue weighted by atomic mass is 16.5. The Morgan fingerprint density at radius 2 is 1.77 bits per heavy atom. The van der Waals surface area contributed by atoms with Crippen molar-refractivity contribution in [1.29, 1.82) is 0 Å². The molecule has 0 aromatic rings. The number of methoxy groups -OCH3 is 1. The van der Waals surface area contributed by atoms with Crippen LogP contribution in [0.25, 0.3) is 0 Å². The van der Waals surface area contributed by atoms with E-state index in [1.54, 1.807) is 0 Å². The Bertz CT molecular complexity index is 216. The summed E-state index contributed by atoms with van der Waals surface area (Å²) in [7, 11) is 1.49. The maximum absolute atomic E-state index is 11.3. The molecule has 13 heavy (non-hydrogen) atoms. The summed E-state index contributed by atoms with van der Waals surface area (Å²) >= 11 is 0. The topological polar surface area (TPSA) is 26.3 Å². The highest BCUT2D eigenvalue weighted by Crippen LogP contribution is 2.53. The van der Waals surface area contributed by atoms with E-state index in [4.69, 9.17) is 4.74 Å². The van der Waals surface area contributed by atoms with E-state index in [9.17, 15) is 4.79 Å². The molecule has 1 saturated carbocycles. The second kappa shape index (κ2) is 3.52. The molecule has 0 radical (unpaired) electrons. The molecular weight excluding hydrogens is 164 g/mol. The Hall–Kier alpha value is -0.790. The molecule has 2 aliphatic carbocycles. The smallest absolute Gasteiger partial charge is 0.309 e. The number of allylic oxidation sites excluding steroid dienone is 2. The van der Waals surface area contributed by atoms with Gasteiger partial charge in [-0.25, -0.2) is 0 Å². The van der Waals surface area contributed by atoms with Crippen LogP contribution >= 0.6 is 0 Å². The Labute approximate surface area is 79.0 Å². The number of ether oxygens (including phenoxy) is 1. The van der Waals surface area contributed by atoms with Gasteiger partial charge in [0.25, 0.3) is 0 Å². The van der Waals surface area contributed by atoms with Crippen LogP contribution < -0.4 is 0 Å². The molecule has 1 fully saturated rings. The van der Waals surface area contributed by atoms with Gasteiger partial charge < -0.3 is 4.74 Å². The quantitative estimate of drug-likeness (QED) is 0.456. The van der Waals surface area contributed by atoms with E-state index in [0.29, 0.717) is 11.8 Å². The van der Waals surface area contributed by atoms with Crippen LogP contribution in [0.3, 0.4) is 0 Å². The molecule has 0 N–H and O–H groups in total. The Morgan fingerprint density at radius 3 is 2.23 bits per heavy atom. The van der Waals surface area contributed by atoms with Crippen molar-refractivity contribution in [2.75, 3.05) is 7.11 Å². The lowest BCUT2D eigenvalue weighted by molar-refractivity contribution is -0.142. The highest BCUT2D eigenvalue weighted by Gasteiger charge is 2.53. The SMILES string of the molecule is COC(=O)C1[C@H]2CC/C=C\CC[C@@H]12. The van der Waals surface area contributed by atoms with Crippen LogP contribution in [0.15, 0.2) is 12.2 Å². The van der Waals surface area contributed by atoms with Crippen LogP contribution in [-0.2, 0) is 9.53 Å². The second-order valence-electron chi connectivity index (χ2n) is 4.00. The first kappa shape index (κ1) is 8.79. The zero-order valence-electron chi connectivity index (χ0n) is 8.03. The van der Waals surface area contributed by atoms with Crippen LogP contribution in [0.2, 0.25) is 0 Å². The minimum absolute atomic E-state index is 0.0110. The van der Waals surface area contributed by atoms with Crippen LogP contribution in [-0.4, -0.2) is 13.1 Å². The van der Waals surface area contributed by atoms with E-state index < -0.39 is 0 Å². The van der Waals surface area contributed by atoms with E-state index >= 15 is 0 Å². The van der Waals surface area contributed by atoms with Gasteiger partial charge in [0.1, 0.15) is 0 Å². The first-order valence-electron chi connectivity index (χ1n) is 5.07. The summed E-state index contributed by atoms with van der Waals surface area (Å²) in [5.74, 6) is 1.48. The van der Waals surface area contributed by atoms with E-state index in [2.05, 4.69) is 12.2 Å². The second-order valence-corrected chi connectivity index (χ2v) is 4.00. The largest absolute Gasteiger partial charge is 0.469 e. The number of hydrogen-bond donors (Lipinski definition) is 0. The summed E-state index contributed by atoms with van der Waals surface area (Å²) < 4.78 is 4.79. The number of carbonyl (C=O) groups excluding carboxylic acids is 1. The third-order valence-electron chi connectivity index (χ3n) is 3.30. The average Bonchev–Trinajstić information content (AvgIpc) is 2.75. The zero-order valence-corrected chi connectivity index (χ0v) is 8.03. The van der Waals surface area contributed by atoms with Crippen molar-refractivity contribution in [1.82, 2.24) is 0 Å². The van der Waals surface area contributed by atoms with Crippen LogP contribution in [0, 0.1) is 17.8 Å². The van der Waals surface area contributed by atoms with Crippen LogP contribution in [0.5, 0.6) is 0 Å². The molecule has 0 spiro atoms. The minimum atomic E-state index is 0.0110. The molecule has 1 unspecified atom stereocenters. The maximum atomic E-state index is 11.3. The molecule has 0 saturated heterocycles. The molecule has 0 aromatic carbocycles. The predicted octanol–water partition coefficient (Wildman–Crippen LogP) is 2.15. The van der Waals surface area contributed by atoms with Gasteiger partial charge >= 0.3 is 5.97 Å². The van der Waals surface area contributed by atoms with E-state index in [1.807, 2.05) is 0 Å². The molecule has 72 valence electrons.